The molecule has 0 aromatic heterocycles. The number of hydrogen-bond donors (Lipinski definition) is 2. The molecular formula is C9H8N2O4. The fraction of sp³-hybridized carbons (Fsp3) is 0. The van der Waals surface area contributed by atoms with Crippen LogP contribution in [0.4, 0.5) is 5.69 Å². The molecule has 78 valence electrons. The molecule has 1 amide bonds. The van der Waals surface area contributed by atoms with Crippen molar-refractivity contribution in [2.45, 2.75) is 0 Å². The van der Waals surface area contributed by atoms with E-state index >= 15 is 0 Å². The summed E-state index contributed by atoms with van der Waals surface area (Å²) in [5, 5.41) is 19.6. The van der Waals surface area contributed by atoms with Gasteiger partial charge in [-0.05, 0) is 17.7 Å². The fourth-order valence-electron chi connectivity index (χ4n) is 0.969. The number of carbonyl (C=O) groups excluding carboxylic acids is 1. The summed E-state index contributed by atoms with van der Waals surface area (Å²) in [6.07, 6.45) is 2.41. The van der Waals surface area contributed by atoms with Gasteiger partial charge in [-0.25, -0.2) is 0 Å². The first-order valence-corrected chi connectivity index (χ1v) is 3.95. The monoisotopic (exact) mass is 208 g/mol. The molecule has 0 aliphatic carbocycles. The van der Waals surface area contributed by atoms with Crippen LogP contribution in [0, 0.1) is 10.1 Å². The van der Waals surface area contributed by atoms with E-state index in [1.54, 1.807) is 0 Å². The number of rotatable bonds is 3. The number of nitrogens with two attached hydrogens (primary N) is 1. The summed E-state index contributed by atoms with van der Waals surface area (Å²) in [4.78, 5) is 20.1. The van der Waals surface area contributed by atoms with Crippen molar-refractivity contribution < 1.29 is 14.8 Å². The van der Waals surface area contributed by atoms with Gasteiger partial charge in [0.25, 0.3) is 0 Å². The minimum absolute atomic E-state index is 0.415. The number of nitro groups is 1. The van der Waals surface area contributed by atoms with Crippen LogP contribution >= 0.6 is 0 Å². The second-order valence-electron chi connectivity index (χ2n) is 2.74. The Morgan fingerprint density at radius 2 is 2.20 bits per heavy atom. The molecule has 0 heterocycles. The molecule has 0 saturated carbocycles. The highest BCUT2D eigenvalue weighted by Crippen LogP contribution is 2.26. The maximum Gasteiger partial charge on any atom is 0.311 e. The quantitative estimate of drug-likeness (QED) is 0.435. The normalized spacial score (nSPS) is 10.4. The van der Waals surface area contributed by atoms with Gasteiger partial charge in [-0.1, -0.05) is 6.07 Å². The zero-order valence-corrected chi connectivity index (χ0v) is 7.58. The van der Waals surface area contributed by atoms with E-state index < -0.39 is 22.3 Å². The Hall–Kier alpha value is -2.37. The molecule has 1 aromatic carbocycles. The Balaban J connectivity index is 3.08. The van der Waals surface area contributed by atoms with Crippen molar-refractivity contribution in [1.82, 2.24) is 0 Å². The number of nitro benzene ring substituents is 1. The van der Waals surface area contributed by atoms with Gasteiger partial charge in [0, 0.05) is 12.1 Å². The van der Waals surface area contributed by atoms with E-state index in [1.165, 1.54) is 18.2 Å². The number of benzene rings is 1. The second kappa shape index (κ2) is 4.23. The van der Waals surface area contributed by atoms with Gasteiger partial charge >= 0.3 is 5.69 Å². The molecule has 0 aliphatic rings. The number of phenols is 1. The molecule has 1 aromatic rings. The van der Waals surface area contributed by atoms with Crippen molar-refractivity contribution in [3.05, 3.63) is 40.0 Å². The Labute approximate surface area is 84.8 Å². The van der Waals surface area contributed by atoms with Crippen LogP contribution < -0.4 is 5.73 Å². The molecule has 1 rings (SSSR count). The first-order valence-electron chi connectivity index (χ1n) is 3.95. The third-order valence-corrected chi connectivity index (χ3v) is 1.64. The van der Waals surface area contributed by atoms with Crippen LogP contribution in [0.15, 0.2) is 24.3 Å². The predicted octanol–water partition coefficient (Wildman–Crippen LogP) is 0.799. The molecule has 3 N–H and O–H groups in total. The summed E-state index contributed by atoms with van der Waals surface area (Å²) < 4.78 is 0. The third-order valence-electron chi connectivity index (χ3n) is 1.64. The van der Waals surface area contributed by atoms with Crippen LogP contribution in [-0.2, 0) is 4.79 Å². The standard InChI is InChI=1S/C9H8N2O4/c10-9(13)4-2-6-1-3-8(12)7(5-6)11(14)15/h1-5,12H,(H2,10,13). The largest absolute Gasteiger partial charge is 0.502 e. The van der Waals surface area contributed by atoms with Crippen molar-refractivity contribution in [3.63, 3.8) is 0 Å². The molecule has 0 saturated heterocycles. The Bertz CT molecular complexity index is 440. The number of primary amides is 1. The maximum atomic E-state index is 10.4. The van der Waals surface area contributed by atoms with Crippen molar-refractivity contribution in [1.29, 1.82) is 0 Å². The van der Waals surface area contributed by atoms with E-state index in [9.17, 15) is 14.9 Å². The molecule has 0 spiro atoms. The van der Waals surface area contributed by atoms with E-state index in [1.807, 2.05) is 0 Å². The highest BCUT2D eigenvalue weighted by atomic mass is 16.6. The third kappa shape index (κ3) is 2.80. The lowest BCUT2D eigenvalue weighted by Gasteiger charge is -1.97. The SMILES string of the molecule is NC(=O)C=Cc1ccc(O)c([N+](=O)[O-])c1. The Morgan fingerprint density at radius 3 is 2.73 bits per heavy atom. The summed E-state index contributed by atoms with van der Waals surface area (Å²) >= 11 is 0. The molecule has 0 radical (unpaired) electrons. The minimum Gasteiger partial charge on any atom is -0.502 e. The number of phenolic OH excluding ortho intramolecular Hbond substituents is 1. The minimum atomic E-state index is -0.711. The average Bonchev–Trinajstić information content (AvgIpc) is 2.16. The first kappa shape index (κ1) is 10.7. The van der Waals surface area contributed by atoms with E-state index in [4.69, 9.17) is 10.8 Å². The molecule has 0 atom stereocenters. The van der Waals surface area contributed by atoms with Crippen LogP contribution in [-0.4, -0.2) is 15.9 Å². The lowest BCUT2D eigenvalue weighted by atomic mass is 10.1. The molecule has 6 nitrogen and oxygen atoms in total. The lowest BCUT2D eigenvalue weighted by Crippen LogP contribution is -2.05. The van der Waals surface area contributed by atoms with Gasteiger partial charge in [0.1, 0.15) is 0 Å². The van der Waals surface area contributed by atoms with Crippen molar-refractivity contribution in [2.75, 3.05) is 0 Å². The highest BCUT2D eigenvalue weighted by molar-refractivity contribution is 5.90. The van der Waals surface area contributed by atoms with E-state index in [0.29, 0.717) is 5.56 Å². The molecule has 0 aliphatic heterocycles. The van der Waals surface area contributed by atoms with Gasteiger partial charge in [0.05, 0.1) is 4.92 Å². The number of hydrogen-bond acceptors (Lipinski definition) is 4. The Morgan fingerprint density at radius 1 is 1.53 bits per heavy atom. The van der Waals surface area contributed by atoms with E-state index in [-0.39, 0.29) is 0 Å². The maximum absolute atomic E-state index is 10.4. The van der Waals surface area contributed by atoms with Crippen molar-refractivity contribution in [2.24, 2.45) is 5.73 Å². The smallest absolute Gasteiger partial charge is 0.311 e. The molecule has 0 fully saturated rings. The van der Waals surface area contributed by atoms with Crippen LogP contribution in [0.25, 0.3) is 6.08 Å². The van der Waals surface area contributed by atoms with Gasteiger partial charge in [0.15, 0.2) is 5.75 Å². The highest BCUT2D eigenvalue weighted by Gasteiger charge is 2.12. The zero-order valence-electron chi connectivity index (χ0n) is 7.58. The van der Waals surface area contributed by atoms with Gasteiger partial charge in [-0.15, -0.1) is 0 Å². The zero-order chi connectivity index (χ0) is 11.4. The summed E-state index contributed by atoms with van der Waals surface area (Å²) in [5.41, 5.74) is 4.86. The van der Waals surface area contributed by atoms with Crippen LogP contribution in [0.5, 0.6) is 5.75 Å². The molecule has 0 unspecified atom stereocenters. The molecular weight excluding hydrogens is 200 g/mol. The van der Waals surface area contributed by atoms with Gasteiger partial charge in [-0.3, -0.25) is 14.9 Å². The second-order valence-corrected chi connectivity index (χ2v) is 2.74. The van der Waals surface area contributed by atoms with Crippen LogP contribution in [0.1, 0.15) is 5.56 Å². The van der Waals surface area contributed by atoms with Gasteiger partial charge < -0.3 is 10.8 Å². The summed E-state index contributed by atoms with van der Waals surface area (Å²) in [7, 11) is 0. The molecule has 0 bridgehead atoms. The summed E-state index contributed by atoms with van der Waals surface area (Å²) in [5.74, 6) is -1.07. The number of nitrogens with zero attached hydrogens (tertiary/aromatic N) is 1. The molecule has 15 heavy (non-hydrogen) atoms. The summed E-state index contributed by atoms with van der Waals surface area (Å²) in [6.45, 7) is 0. The van der Waals surface area contributed by atoms with Crippen molar-refractivity contribution >= 4 is 17.7 Å². The molecule has 6 heteroatoms. The van der Waals surface area contributed by atoms with E-state index in [0.717, 1.165) is 12.1 Å². The topological polar surface area (TPSA) is 106 Å². The van der Waals surface area contributed by atoms with E-state index in [2.05, 4.69) is 0 Å². The first-order chi connectivity index (χ1) is 7.00. The predicted molar refractivity (Wildman–Crippen MR) is 53.0 cm³/mol. The van der Waals surface area contributed by atoms with Crippen LogP contribution in [0.2, 0.25) is 0 Å². The van der Waals surface area contributed by atoms with Crippen molar-refractivity contribution in [3.8, 4) is 5.75 Å². The Kier molecular flexibility index (Phi) is 3.02. The lowest BCUT2D eigenvalue weighted by molar-refractivity contribution is -0.385. The van der Waals surface area contributed by atoms with Gasteiger partial charge in [0.2, 0.25) is 5.91 Å². The fourth-order valence-corrected chi connectivity index (χ4v) is 0.969. The van der Waals surface area contributed by atoms with Crippen LogP contribution in [0.3, 0.4) is 0 Å². The number of carbonyl (C=O) groups is 1. The average molecular weight is 208 g/mol. The number of aromatic hydroxyl groups is 1. The number of amides is 1. The van der Waals surface area contributed by atoms with Gasteiger partial charge in [-0.2, -0.15) is 0 Å². The summed E-state index contributed by atoms with van der Waals surface area (Å²) in [6, 6.07) is 3.76.